The molecule has 0 aromatic heterocycles. The van der Waals surface area contributed by atoms with Crippen LogP contribution in [0.3, 0.4) is 0 Å². The Labute approximate surface area is 52.9 Å². The summed E-state index contributed by atoms with van der Waals surface area (Å²) >= 11 is 0. The van der Waals surface area contributed by atoms with Gasteiger partial charge in [-0.05, 0) is 18.2 Å². The molecule has 0 N–H and O–H groups in total. The van der Waals surface area contributed by atoms with Gasteiger partial charge in [-0.2, -0.15) is 0 Å². The summed E-state index contributed by atoms with van der Waals surface area (Å²) in [7, 11) is 1.53. The van der Waals surface area contributed by atoms with Crippen molar-refractivity contribution in [3.8, 4) is 0 Å². The molecule has 0 saturated carbocycles. The second-order valence-corrected chi connectivity index (χ2v) is 1.89. The summed E-state index contributed by atoms with van der Waals surface area (Å²) in [6, 6.07) is 3.38. The van der Waals surface area contributed by atoms with Crippen molar-refractivity contribution in [1.29, 1.82) is 0 Å². The molecule has 0 saturated heterocycles. The first-order chi connectivity index (χ1) is 4.20. The van der Waals surface area contributed by atoms with Crippen LogP contribution < -0.4 is 5.46 Å². The Hall–Kier alpha value is -0.855. The van der Waals surface area contributed by atoms with E-state index in [-0.39, 0.29) is 5.82 Å². The van der Waals surface area contributed by atoms with E-state index < -0.39 is 5.82 Å². The van der Waals surface area contributed by atoms with Crippen LogP contribution in [0, 0.1) is 11.6 Å². The zero-order valence-corrected chi connectivity index (χ0v) is 4.99. The maximum Gasteiger partial charge on any atom is 0.143 e. The van der Waals surface area contributed by atoms with Gasteiger partial charge in [0, 0.05) is 0 Å². The summed E-state index contributed by atoms with van der Waals surface area (Å²) in [5.41, 5.74) is 0.343. The molecule has 0 amide bonds. The molecule has 0 aliphatic heterocycles. The predicted molar refractivity (Wildman–Crippen MR) is 34.5 cm³/mol. The van der Waals surface area contributed by atoms with E-state index in [4.69, 9.17) is 0 Å². The molecule has 0 spiro atoms. The lowest BCUT2D eigenvalue weighted by Gasteiger charge is -1.92. The number of hydrogen-bond donors (Lipinski definition) is 0. The van der Waals surface area contributed by atoms with Crippen LogP contribution in [0.25, 0.3) is 0 Å². The first-order valence-electron chi connectivity index (χ1n) is 2.62. The quantitative estimate of drug-likeness (QED) is 0.436. The summed E-state index contributed by atoms with van der Waals surface area (Å²) in [6.45, 7) is 0. The largest absolute Gasteiger partial charge is 0.208 e. The van der Waals surface area contributed by atoms with E-state index in [0.717, 1.165) is 18.2 Å². The average molecular weight is 126 g/mol. The van der Waals surface area contributed by atoms with Gasteiger partial charge in [0.2, 0.25) is 0 Å². The molecule has 0 aliphatic carbocycles. The van der Waals surface area contributed by atoms with Gasteiger partial charge in [-0.25, -0.2) is 8.78 Å². The van der Waals surface area contributed by atoms with Crippen molar-refractivity contribution in [3.05, 3.63) is 29.8 Å². The first-order valence-corrected chi connectivity index (χ1v) is 2.62. The Kier molecular flexibility index (Phi) is 1.51. The van der Waals surface area contributed by atoms with Crippen molar-refractivity contribution in [1.82, 2.24) is 0 Å². The monoisotopic (exact) mass is 126 g/mol. The molecular weight excluding hydrogens is 121 g/mol. The van der Waals surface area contributed by atoms with Gasteiger partial charge in [-0.3, -0.25) is 0 Å². The molecule has 0 unspecified atom stereocenters. The van der Waals surface area contributed by atoms with E-state index in [1.807, 2.05) is 0 Å². The van der Waals surface area contributed by atoms with Crippen molar-refractivity contribution in [2.45, 2.75) is 0 Å². The Morgan fingerprint density at radius 3 is 2.33 bits per heavy atom. The fourth-order valence-electron chi connectivity index (χ4n) is 0.608. The van der Waals surface area contributed by atoms with Gasteiger partial charge >= 0.3 is 0 Å². The minimum Gasteiger partial charge on any atom is -0.208 e. The summed E-state index contributed by atoms with van der Waals surface area (Å²) < 4.78 is 24.5. The van der Waals surface area contributed by atoms with Gasteiger partial charge in [0.15, 0.2) is 0 Å². The minimum absolute atomic E-state index is 0.343. The van der Waals surface area contributed by atoms with E-state index in [0.29, 0.717) is 5.46 Å². The second kappa shape index (κ2) is 2.17. The van der Waals surface area contributed by atoms with Crippen molar-refractivity contribution < 1.29 is 8.78 Å². The van der Waals surface area contributed by atoms with Crippen molar-refractivity contribution >= 4 is 13.3 Å². The highest BCUT2D eigenvalue weighted by Gasteiger charge is 1.95. The molecule has 0 fully saturated rings. The normalized spacial score (nSPS) is 9.56. The Bertz CT molecular complexity index is 222. The van der Waals surface area contributed by atoms with Crippen LogP contribution in [0.1, 0.15) is 0 Å². The third kappa shape index (κ3) is 1.28. The molecule has 9 heavy (non-hydrogen) atoms. The van der Waals surface area contributed by atoms with Gasteiger partial charge in [-0.1, -0.05) is 5.46 Å². The topological polar surface area (TPSA) is 0 Å². The van der Waals surface area contributed by atoms with Crippen molar-refractivity contribution in [2.75, 3.05) is 0 Å². The van der Waals surface area contributed by atoms with E-state index in [1.165, 1.54) is 7.85 Å². The SMILES string of the molecule is Bc1cc(F)ccc1F. The lowest BCUT2D eigenvalue weighted by atomic mass is 9.96. The molecule has 0 bridgehead atoms. The number of benzene rings is 1. The summed E-state index contributed by atoms with van der Waals surface area (Å²) in [4.78, 5) is 0. The highest BCUT2D eigenvalue weighted by Crippen LogP contribution is 1.95. The number of rotatable bonds is 0. The number of hydrogen-bond acceptors (Lipinski definition) is 0. The zero-order valence-electron chi connectivity index (χ0n) is 4.99. The molecule has 1 rings (SSSR count). The van der Waals surface area contributed by atoms with Crippen molar-refractivity contribution in [2.24, 2.45) is 0 Å². The Balaban J connectivity index is 3.17. The fraction of sp³-hybridized carbons (Fsp3) is 0. The standard InChI is InChI=1S/C6H5BF2/c7-5-3-4(8)1-2-6(5)9/h1-3H,7H2. The van der Waals surface area contributed by atoms with E-state index in [1.54, 1.807) is 0 Å². The van der Waals surface area contributed by atoms with Gasteiger partial charge in [0.05, 0.1) is 0 Å². The molecular formula is C6H5BF2. The lowest BCUT2D eigenvalue weighted by molar-refractivity contribution is 0.607. The van der Waals surface area contributed by atoms with E-state index in [9.17, 15) is 8.78 Å². The minimum atomic E-state index is -0.395. The van der Waals surface area contributed by atoms with Crippen LogP contribution in [-0.4, -0.2) is 7.85 Å². The third-order valence-corrected chi connectivity index (χ3v) is 1.12. The summed E-state index contributed by atoms with van der Waals surface area (Å²) in [5, 5.41) is 0. The van der Waals surface area contributed by atoms with Crippen LogP contribution in [0.15, 0.2) is 18.2 Å². The van der Waals surface area contributed by atoms with Gasteiger partial charge < -0.3 is 0 Å². The molecule has 0 heterocycles. The Morgan fingerprint density at radius 2 is 1.89 bits per heavy atom. The van der Waals surface area contributed by atoms with Crippen LogP contribution in [0.4, 0.5) is 8.78 Å². The maximum atomic E-state index is 12.3. The predicted octanol–water partition coefficient (Wildman–Crippen LogP) is 0.223. The molecule has 0 aliphatic rings. The van der Waals surface area contributed by atoms with Crippen molar-refractivity contribution in [3.63, 3.8) is 0 Å². The van der Waals surface area contributed by atoms with Gasteiger partial charge in [0.1, 0.15) is 19.5 Å². The molecule has 1 aromatic rings. The molecule has 0 atom stereocenters. The highest BCUT2D eigenvalue weighted by atomic mass is 19.1. The molecule has 0 nitrogen and oxygen atoms in total. The summed E-state index contributed by atoms with van der Waals surface area (Å²) in [5.74, 6) is -0.759. The van der Waals surface area contributed by atoms with Crippen LogP contribution in [0.5, 0.6) is 0 Å². The van der Waals surface area contributed by atoms with Crippen LogP contribution in [-0.2, 0) is 0 Å². The second-order valence-electron chi connectivity index (χ2n) is 1.89. The van der Waals surface area contributed by atoms with Gasteiger partial charge in [-0.15, -0.1) is 0 Å². The molecule has 3 heteroatoms. The Morgan fingerprint density at radius 1 is 1.22 bits per heavy atom. The maximum absolute atomic E-state index is 12.3. The first kappa shape index (κ1) is 6.27. The van der Waals surface area contributed by atoms with Crippen LogP contribution in [0.2, 0.25) is 0 Å². The zero-order chi connectivity index (χ0) is 6.85. The fourth-order valence-corrected chi connectivity index (χ4v) is 0.608. The highest BCUT2D eigenvalue weighted by molar-refractivity contribution is 6.32. The summed E-state index contributed by atoms with van der Waals surface area (Å²) in [6.07, 6.45) is 0. The van der Waals surface area contributed by atoms with E-state index >= 15 is 0 Å². The van der Waals surface area contributed by atoms with Gasteiger partial charge in [0.25, 0.3) is 0 Å². The van der Waals surface area contributed by atoms with Crippen LogP contribution >= 0.6 is 0 Å². The third-order valence-electron chi connectivity index (χ3n) is 1.12. The smallest absolute Gasteiger partial charge is 0.143 e. The molecule has 0 radical (unpaired) electrons. The lowest BCUT2D eigenvalue weighted by Crippen LogP contribution is -2.07. The van der Waals surface area contributed by atoms with E-state index in [2.05, 4.69) is 0 Å². The number of halogens is 2. The molecule has 1 aromatic carbocycles. The molecule has 46 valence electrons. The average Bonchev–Trinajstić information content (AvgIpc) is 1.80.